The van der Waals surface area contributed by atoms with Crippen LogP contribution in [0.2, 0.25) is 0 Å². The quantitative estimate of drug-likeness (QED) is 0.453. The molecule has 0 aliphatic heterocycles. The molecule has 0 aliphatic rings. The first-order valence-electron chi connectivity index (χ1n) is 5.81. The molecule has 1 aromatic carbocycles. The van der Waals surface area contributed by atoms with Gasteiger partial charge >= 0.3 is 11.9 Å². The summed E-state index contributed by atoms with van der Waals surface area (Å²) in [7, 11) is 1.31. The maximum absolute atomic E-state index is 10.6. The number of benzene rings is 1. The largest absolute Gasteiger partial charge is 0.490 e. The summed E-state index contributed by atoms with van der Waals surface area (Å²) in [4.78, 5) is 20.5. The second-order valence-corrected chi connectivity index (χ2v) is 3.26. The molecule has 0 heterocycles. The van der Waals surface area contributed by atoms with Crippen LogP contribution in [0.4, 0.5) is 0 Å². The fourth-order valence-electron chi connectivity index (χ4n) is 0.961. The standard InChI is InChI=1S/C11H12O3.C4H6O2/c1-2-11(12)14-9-8-13-10-6-4-3-5-7-10;1-3-4(5)6-2/h2-7H,1,8-9H2;3H,1H2,2H3. The molecule has 20 heavy (non-hydrogen) atoms. The van der Waals surface area contributed by atoms with Crippen LogP contribution in [-0.4, -0.2) is 32.3 Å². The van der Waals surface area contributed by atoms with Crippen LogP contribution >= 0.6 is 0 Å². The lowest BCUT2D eigenvalue weighted by Crippen LogP contribution is -2.09. The summed E-state index contributed by atoms with van der Waals surface area (Å²) in [5.41, 5.74) is 0. The molecule has 0 saturated heterocycles. The fraction of sp³-hybridized carbons (Fsp3) is 0.200. The predicted octanol–water partition coefficient (Wildman–Crippen LogP) is 2.14. The van der Waals surface area contributed by atoms with E-state index in [2.05, 4.69) is 17.9 Å². The molecule has 5 heteroatoms. The Morgan fingerprint density at radius 1 is 1.05 bits per heavy atom. The van der Waals surface area contributed by atoms with Gasteiger partial charge in [0.1, 0.15) is 19.0 Å². The van der Waals surface area contributed by atoms with Crippen molar-refractivity contribution in [1.29, 1.82) is 0 Å². The van der Waals surface area contributed by atoms with E-state index in [1.165, 1.54) is 7.11 Å². The molecule has 0 unspecified atom stereocenters. The lowest BCUT2D eigenvalue weighted by atomic mass is 10.3. The van der Waals surface area contributed by atoms with Crippen LogP contribution in [0.15, 0.2) is 55.6 Å². The summed E-state index contributed by atoms with van der Waals surface area (Å²) in [6, 6.07) is 9.35. The van der Waals surface area contributed by atoms with Gasteiger partial charge in [0.05, 0.1) is 7.11 Å². The molecule has 1 aromatic rings. The first kappa shape index (κ1) is 17.4. The van der Waals surface area contributed by atoms with Gasteiger partial charge < -0.3 is 14.2 Å². The molecule has 0 radical (unpaired) electrons. The summed E-state index contributed by atoms with van der Waals surface area (Å²) >= 11 is 0. The van der Waals surface area contributed by atoms with E-state index in [1.807, 2.05) is 30.3 Å². The van der Waals surface area contributed by atoms with Crippen molar-refractivity contribution in [2.24, 2.45) is 0 Å². The third-order valence-corrected chi connectivity index (χ3v) is 1.87. The minimum absolute atomic E-state index is 0.236. The van der Waals surface area contributed by atoms with E-state index >= 15 is 0 Å². The highest BCUT2D eigenvalue weighted by molar-refractivity contribution is 5.81. The number of hydrogen-bond donors (Lipinski definition) is 0. The second-order valence-electron chi connectivity index (χ2n) is 3.26. The number of rotatable bonds is 6. The molecule has 0 aliphatic carbocycles. The van der Waals surface area contributed by atoms with Crippen LogP contribution in [0, 0.1) is 0 Å². The molecule has 0 bridgehead atoms. The fourth-order valence-corrected chi connectivity index (χ4v) is 0.961. The van der Waals surface area contributed by atoms with Crippen molar-refractivity contribution in [3.8, 4) is 5.75 Å². The number of para-hydroxylation sites is 1. The van der Waals surface area contributed by atoms with Gasteiger partial charge in [-0.05, 0) is 12.1 Å². The van der Waals surface area contributed by atoms with Gasteiger partial charge in [0.15, 0.2) is 0 Å². The van der Waals surface area contributed by atoms with Crippen molar-refractivity contribution >= 4 is 11.9 Å². The van der Waals surface area contributed by atoms with E-state index in [-0.39, 0.29) is 6.61 Å². The monoisotopic (exact) mass is 278 g/mol. The number of hydrogen-bond acceptors (Lipinski definition) is 5. The molecule has 0 spiro atoms. The van der Waals surface area contributed by atoms with E-state index < -0.39 is 11.9 Å². The second kappa shape index (κ2) is 11.5. The average Bonchev–Trinajstić information content (AvgIpc) is 2.52. The Morgan fingerprint density at radius 2 is 1.65 bits per heavy atom. The van der Waals surface area contributed by atoms with Crippen LogP contribution < -0.4 is 4.74 Å². The molecule has 5 nitrogen and oxygen atoms in total. The van der Waals surface area contributed by atoms with Gasteiger partial charge in [0.25, 0.3) is 0 Å². The highest BCUT2D eigenvalue weighted by Crippen LogP contribution is 2.07. The van der Waals surface area contributed by atoms with Gasteiger partial charge in [-0.2, -0.15) is 0 Å². The van der Waals surface area contributed by atoms with Crippen LogP contribution in [0.25, 0.3) is 0 Å². The summed E-state index contributed by atoms with van der Waals surface area (Å²) in [6.07, 6.45) is 2.24. The van der Waals surface area contributed by atoms with E-state index in [0.29, 0.717) is 6.61 Å². The van der Waals surface area contributed by atoms with Crippen LogP contribution in [-0.2, 0) is 19.1 Å². The summed E-state index contributed by atoms with van der Waals surface area (Å²) in [5, 5.41) is 0. The van der Waals surface area contributed by atoms with Crippen LogP contribution in [0.1, 0.15) is 0 Å². The van der Waals surface area contributed by atoms with Gasteiger partial charge in [-0.25, -0.2) is 9.59 Å². The van der Waals surface area contributed by atoms with E-state index in [4.69, 9.17) is 9.47 Å². The van der Waals surface area contributed by atoms with Crippen LogP contribution in [0.5, 0.6) is 5.75 Å². The van der Waals surface area contributed by atoms with Crippen LogP contribution in [0.3, 0.4) is 0 Å². The predicted molar refractivity (Wildman–Crippen MR) is 75.3 cm³/mol. The third-order valence-electron chi connectivity index (χ3n) is 1.87. The molecule has 108 valence electrons. The zero-order valence-corrected chi connectivity index (χ0v) is 11.4. The number of methoxy groups -OCH3 is 1. The lowest BCUT2D eigenvalue weighted by Gasteiger charge is -2.05. The van der Waals surface area contributed by atoms with Gasteiger partial charge in [-0.1, -0.05) is 31.4 Å². The number of carbonyl (C=O) groups excluding carboxylic acids is 2. The van der Waals surface area contributed by atoms with Crippen molar-refractivity contribution in [1.82, 2.24) is 0 Å². The van der Waals surface area contributed by atoms with Gasteiger partial charge in [-0.15, -0.1) is 0 Å². The molecule has 0 atom stereocenters. The maximum Gasteiger partial charge on any atom is 0.330 e. The molecule has 0 saturated carbocycles. The topological polar surface area (TPSA) is 61.8 Å². The molecule has 0 N–H and O–H groups in total. The minimum Gasteiger partial charge on any atom is -0.490 e. The maximum atomic E-state index is 10.6. The highest BCUT2D eigenvalue weighted by atomic mass is 16.6. The first-order chi connectivity index (χ1) is 9.63. The molecular weight excluding hydrogens is 260 g/mol. The Bertz CT molecular complexity index is 425. The first-order valence-corrected chi connectivity index (χ1v) is 5.81. The number of ether oxygens (including phenoxy) is 3. The Labute approximate surface area is 118 Å². The Kier molecular flexibility index (Phi) is 10.1. The van der Waals surface area contributed by atoms with E-state index in [0.717, 1.165) is 17.9 Å². The smallest absolute Gasteiger partial charge is 0.330 e. The van der Waals surface area contributed by atoms with Crippen molar-refractivity contribution in [3.63, 3.8) is 0 Å². The highest BCUT2D eigenvalue weighted by Gasteiger charge is 1.95. The van der Waals surface area contributed by atoms with Crippen molar-refractivity contribution in [3.05, 3.63) is 55.6 Å². The number of esters is 2. The summed E-state index contributed by atoms with van der Waals surface area (Å²) in [5.74, 6) is -0.0567. The molecular formula is C15H18O5. The van der Waals surface area contributed by atoms with Gasteiger partial charge in [0, 0.05) is 12.2 Å². The molecule has 0 aromatic heterocycles. The number of carbonyl (C=O) groups is 2. The Hall–Kier alpha value is -2.56. The summed E-state index contributed by atoms with van der Waals surface area (Å²) in [6.45, 7) is 7.03. The van der Waals surface area contributed by atoms with E-state index in [9.17, 15) is 9.59 Å². The average molecular weight is 278 g/mol. The molecule has 0 fully saturated rings. The normalized spacial score (nSPS) is 8.45. The van der Waals surface area contributed by atoms with Gasteiger partial charge in [0.2, 0.25) is 0 Å². The van der Waals surface area contributed by atoms with Crippen molar-refractivity contribution in [2.45, 2.75) is 0 Å². The molecule has 1 rings (SSSR count). The van der Waals surface area contributed by atoms with Crippen molar-refractivity contribution in [2.75, 3.05) is 20.3 Å². The third kappa shape index (κ3) is 9.47. The Morgan fingerprint density at radius 3 is 2.10 bits per heavy atom. The Balaban J connectivity index is 0.000000511. The molecule has 0 amide bonds. The SMILES string of the molecule is C=CC(=O)OC.C=CC(=O)OCCOc1ccccc1. The minimum atomic E-state index is -0.429. The van der Waals surface area contributed by atoms with Gasteiger partial charge in [-0.3, -0.25) is 0 Å². The summed E-state index contributed by atoms with van der Waals surface area (Å²) < 4.78 is 14.2. The lowest BCUT2D eigenvalue weighted by molar-refractivity contribution is -0.138. The zero-order valence-electron chi connectivity index (χ0n) is 11.4. The van der Waals surface area contributed by atoms with E-state index in [1.54, 1.807) is 0 Å². The van der Waals surface area contributed by atoms with Crippen molar-refractivity contribution < 1.29 is 23.8 Å². The zero-order chi connectivity index (χ0) is 15.2.